The molecule has 0 saturated carbocycles. The molecule has 1 N–H and O–H groups in total. The van der Waals surface area contributed by atoms with Gasteiger partial charge in [-0.15, -0.1) is 0 Å². The lowest BCUT2D eigenvalue weighted by molar-refractivity contribution is -0.210. The smallest absolute Gasteiger partial charge is 0.313 e. The van der Waals surface area contributed by atoms with Crippen LogP contribution >= 0.6 is 0 Å². The molecule has 11 heteroatoms. The van der Waals surface area contributed by atoms with E-state index in [1.807, 2.05) is 0 Å². The number of fused-ring (bicyclic) bond motifs is 1. The van der Waals surface area contributed by atoms with Crippen molar-refractivity contribution in [3.63, 3.8) is 0 Å². The lowest BCUT2D eigenvalue weighted by Crippen LogP contribution is -2.57. The van der Waals surface area contributed by atoms with Gasteiger partial charge in [0.15, 0.2) is 52.1 Å². The molecule has 0 amide bonds. The lowest BCUT2D eigenvalue weighted by atomic mass is 9.65. The second-order valence-corrected chi connectivity index (χ2v) is 5.13. The van der Waals surface area contributed by atoms with Gasteiger partial charge in [0.2, 0.25) is 0 Å². The monoisotopic (exact) mass is 376 g/mol. The van der Waals surface area contributed by atoms with Crippen molar-refractivity contribution in [3.8, 4) is 0 Å². The van der Waals surface area contributed by atoms with Gasteiger partial charge >= 0.3 is 5.92 Å². The van der Waals surface area contributed by atoms with Crippen LogP contribution in [0.3, 0.4) is 0 Å². The highest BCUT2D eigenvalue weighted by molar-refractivity contribution is 5.58. The Labute approximate surface area is 131 Å². The largest absolute Gasteiger partial charge is 0.374 e. The van der Waals surface area contributed by atoms with Crippen LogP contribution in [-0.2, 0) is 11.5 Å². The lowest BCUT2D eigenvalue weighted by Gasteiger charge is -2.47. The minimum Gasteiger partial charge on any atom is -0.374 e. The molecule has 2 aromatic rings. The second kappa shape index (κ2) is 4.87. The quantitative estimate of drug-likeness (QED) is 0.451. The summed E-state index contributed by atoms with van der Waals surface area (Å²) in [5.74, 6) is -25.2. The van der Waals surface area contributed by atoms with E-state index in [0.717, 1.165) is 0 Å². The molecule has 0 aliphatic heterocycles. The third-order valence-corrected chi connectivity index (χ3v) is 3.87. The van der Waals surface area contributed by atoms with Gasteiger partial charge in [-0.3, -0.25) is 0 Å². The summed E-state index contributed by atoms with van der Waals surface area (Å²) in [6, 6.07) is -0.391. The summed E-state index contributed by atoms with van der Waals surface area (Å²) in [4.78, 5) is 0. The van der Waals surface area contributed by atoms with Gasteiger partial charge in [0.25, 0.3) is 0 Å². The van der Waals surface area contributed by atoms with Crippen LogP contribution in [0.25, 0.3) is 0 Å². The number of hydrogen-bond acceptors (Lipinski definition) is 1. The van der Waals surface area contributed by atoms with Gasteiger partial charge in [-0.25, -0.2) is 35.1 Å². The third-order valence-electron chi connectivity index (χ3n) is 3.87. The van der Waals surface area contributed by atoms with E-state index in [0.29, 0.717) is 0 Å². The van der Waals surface area contributed by atoms with E-state index in [2.05, 4.69) is 0 Å². The van der Waals surface area contributed by atoms with Gasteiger partial charge in [-0.1, -0.05) is 0 Å². The summed E-state index contributed by atoms with van der Waals surface area (Å²) in [5.41, 5.74) is -11.2. The van der Waals surface area contributed by atoms with Crippen molar-refractivity contribution >= 4 is 0 Å². The number of alkyl halides is 2. The zero-order chi connectivity index (χ0) is 19.1. The van der Waals surface area contributed by atoms with E-state index in [4.69, 9.17) is 0 Å². The fraction of sp³-hybridized carbons (Fsp3) is 0.143. The summed E-state index contributed by atoms with van der Waals surface area (Å²) in [6.07, 6.45) is 0. The Morgan fingerprint density at radius 1 is 0.560 bits per heavy atom. The molecule has 1 nitrogen and oxygen atoms in total. The Bertz CT molecular complexity index is 912. The standard InChI is InChI=1S/C14H2F10O/c15-2-1-3(16)8(18)6(7(2)17)13(25)4-5(14(13,23)24)10(20)12(22)11(21)9(4)19/h1,25H. The van der Waals surface area contributed by atoms with E-state index >= 15 is 0 Å². The van der Waals surface area contributed by atoms with Gasteiger partial charge in [0.1, 0.15) is 0 Å². The number of hydrogen-bond donors (Lipinski definition) is 1. The molecule has 25 heavy (non-hydrogen) atoms. The summed E-state index contributed by atoms with van der Waals surface area (Å²) in [6.45, 7) is 0. The fourth-order valence-electron chi connectivity index (χ4n) is 2.71. The summed E-state index contributed by atoms with van der Waals surface area (Å²) in [5, 5.41) is 9.93. The molecule has 1 aliphatic rings. The first-order valence-corrected chi connectivity index (χ1v) is 6.19. The van der Waals surface area contributed by atoms with Gasteiger partial charge in [-0.05, 0) is 0 Å². The Balaban J connectivity index is 2.49. The maximum atomic E-state index is 14.1. The van der Waals surface area contributed by atoms with Crippen molar-refractivity contribution < 1.29 is 49.0 Å². The van der Waals surface area contributed by atoms with Crippen LogP contribution in [0.4, 0.5) is 43.9 Å². The molecule has 2 aromatic carbocycles. The number of benzene rings is 2. The number of rotatable bonds is 1. The van der Waals surface area contributed by atoms with E-state index in [9.17, 15) is 49.0 Å². The van der Waals surface area contributed by atoms with Crippen molar-refractivity contribution in [3.05, 3.63) is 69.3 Å². The molecular weight excluding hydrogens is 374 g/mol. The maximum Gasteiger partial charge on any atom is 0.313 e. The van der Waals surface area contributed by atoms with Crippen molar-refractivity contribution in [1.29, 1.82) is 0 Å². The molecular formula is C14H2F10O. The van der Waals surface area contributed by atoms with Crippen LogP contribution < -0.4 is 0 Å². The summed E-state index contributed by atoms with van der Waals surface area (Å²) >= 11 is 0. The summed E-state index contributed by atoms with van der Waals surface area (Å²) in [7, 11) is 0. The van der Waals surface area contributed by atoms with Gasteiger partial charge in [-0.2, -0.15) is 8.78 Å². The molecule has 134 valence electrons. The third kappa shape index (κ3) is 1.78. The van der Waals surface area contributed by atoms with E-state index in [1.165, 1.54) is 0 Å². The van der Waals surface area contributed by atoms with Crippen LogP contribution in [0.2, 0.25) is 0 Å². The Morgan fingerprint density at radius 3 is 1.40 bits per heavy atom. The van der Waals surface area contributed by atoms with Crippen LogP contribution in [0.1, 0.15) is 16.7 Å². The molecule has 3 rings (SSSR count). The predicted octanol–water partition coefficient (Wildman–Crippen LogP) is 4.14. The molecule has 1 atom stereocenters. The van der Waals surface area contributed by atoms with Crippen LogP contribution in [0, 0.1) is 46.5 Å². The Morgan fingerprint density at radius 2 is 0.960 bits per heavy atom. The zero-order valence-corrected chi connectivity index (χ0v) is 11.3. The zero-order valence-electron chi connectivity index (χ0n) is 11.3. The average molecular weight is 376 g/mol. The Hall–Kier alpha value is -2.30. The maximum absolute atomic E-state index is 14.1. The number of halogens is 10. The highest BCUT2D eigenvalue weighted by Gasteiger charge is 2.72. The van der Waals surface area contributed by atoms with Crippen molar-refractivity contribution in [2.24, 2.45) is 0 Å². The number of aliphatic hydroxyl groups is 1. The van der Waals surface area contributed by atoms with E-state index < -0.39 is 80.8 Å². The molecule has 0 radical (unpaired) electrons. The molecule has 1 unspecified atom stereocenters. The minimum atomic E-state index is -5.14. The van der Waals surface area contributed by atoms with Crippen LogP contribution in [0.15, 0.2) is 6.07 Å². The fourth-order valence-corrected chi connectivity index (χ4v) is 2.71. The first-order valence-electron chi connectivity index (χ1n) is 6.19. The van der Waals surface area contributed by atoms with Crippen molar-refractivity contribution in [1.82, 2.24) is 0 Å². The molecule has 0 heterocycles. The van der Waals surface area contributed by atoms with E-state index in [-0.39, 0.29) is 0 Å². The van der Waals surface area contributed by atoms with E-state index in [1.54, 1.807) is 0 Å². The highest BCUT2D eigenvalue weighted by Crippen LogP contribution is 2.63. The van der Waals surface area contributed by atoms with Crippen molar-refractivity contribution in [2.45, 2.75) is 11.5 Å². The molecule has 0 spiro atoms. The SMILES string of the molecule is OC1(c2c(F)c(F)cc(F)c2F)c2c(F)c(F)c(F)c(F)c2C1(F)F. The molecule has 0 aromatic heterocycles. The van der Waals surface area contributed by atoms with Gasteiger partial charge < -0.3 is 5.11 Å². The highest BCUT2D eigenvalue weighted by atomic mass is 19.3. The van der Waals surface area contributed by atoms with Crippen molar-refractivity contribution in [2.75, 3.05) is 0 Å². The molecule has 0 fully saturated rings. The first-order chi connectivity index (χ1) is 11.4. The van der Waals surface area contributed by atoms with Crippen LogP contribution in [-0.4, -0.2) is 5.11 Å². The van der Waals surface area contributed by atoms with Crippen LogP contribution in [0.5, 0.6) is 0 Å². The average Bonchev–Trinajstić information content (AvgIpc) is 2.53. The predicted molar refractivity (Wildman–Crippen MR) is 59.4 cm³/mol. The minimum absolute atomic E-state index is 0.391. The normalized spacial score (nSPS) is 21.1. The second-order valence-electron chi connectivity index (χ2n) is 5.13. The van der Waals surface area contributed by atoms with Gasteiger partial charge in [0.05, 0.1) is 11.1 Å². The molecule has 1 aliphatic carbocycles. The molecule has 0 saturated heterocycles. The first kappa shape index (κ1) is 17.5. The molecule has 0 bridgehead atoms. The van der Waals surface area contributed by atoms with Gasteiger partial charge in [0, 0.05) is 11.6 Å². The Kier molecular flexibility index (Phi) is 3.41. The topological polar surface area (TPSA) is 20.2 Å². The summed E-state index contributed by atoms with van der Waals surface area (Å²) < 4.78 is 136.